The second-order valence-electron chi connectivity index (χ2n) is 3.79. The van der Waals surface area contributed by atoms with Crippen LogP contribution < -0.4 is 14.2 Å². The summed E-state index contributed by atoms with van der Waals surface area (Å²) in [5.41, 5.74) is 0.877. The minimum absolute atomic E-state index is 0.0356. The van der Waals surface area contributed by atoms with Gasteiger partial charge >= 0.3 is 0 Å². The lowest BCUT2D eigenvalue weighted by molar-refractivity contribution is 0.166. The van der Waals surface area contributed by atoms with Gasteiger partial charge in [0.15, 0.2) is 11.5 Å². The topological polar surface area (TPSA) is 47.9 Å². The second kappa shape index (κ2) is 4.61. The van der Waals surface area contributed by atoms with Crippen LogP contribution in [0.1, 0.15) is 18.4 Å². The first-order valence-electron chi connectivity index (χ1n) is 5.35. The molecule has 1 aromatic rings. The quantitative estimate of drug-likeness (QED) is 0.846. The Morgan fingerprint density at radius 3 is 2.81 bits per heavy atom. The first-order valence-corrected chi connectivity index (χ1v) is 5.35. The Morgan fingerprint density at radius 1 is 1.38 bits per heavy atom. The third-order valence-corrected chi connectivity index (χ3v) is 2.69. The number of ether oxygens (including phenoxy) is 3. The van der Waals surface area contributed by atoms with Crippen LogP contribution in [0.2, 0.25) is 0 Å². The highest BCUT2D eigenvalue weighted by Crippen LogP contribution is 2.43. The van der Waals surface area contributed by atoms with Crippen molar-refractivity contribution in [1.29, 1.82) is 0 Å². The molecule has 0 spiro atoms. The number of rotatable bonds is 3. The van der Waals surface area contributed by atoms with Crippen LogP contribution in [0.5, 0.6) is 17.2 Å². The normalized spacial score (nSPS) is 15.7. The number of benzene rings is 1. The summed E-state index contributed by atoms with van der Waals surface area (Å²) in [4.78, 5) is 0. The molecule has 0 fully saturated rings. The van der Waals surface area contributed by atoms with Gasteiger partial charge in [-0.3, -0.25) is 0 Å². The van der Waals surface area contributed by atoms with E-state index in [0.717, 1.165) is 17.1 Å². The molecule has 16 heavy (non-hydrogen) atoms. The van der Waals surface area contributed by atoms with Crippen LogP contribution in [0.25, 0.3) is 0 Å². The molecular formula is C12H16O4. The summed E-state index contributed by atoms with van der Waals surface area (Å²) < 4.78 is 16.4. The van der Waals surface area contributed by atoms with Crippen molar-refractivity contribution < 1.29 is 19.3 Å². The zero-order valence-corrected chi connectivity index (χ0v) is 9.53. The van der Waals surface area contributed by atoms with E-state index in [4.69, 9.17) is 14.2 Å². The lowest BCUT2D eigenvalue weighted by atomic mass is 9.99. The van der Waals surface area contributed by atoms with Crippen molar-refractivity contribution in [3.63, 3.8) is 0 Å². The first kappa shape index (κ1) is 11.1. The van der Waals surface area contributed by atoms with Gasteiger partial charge in [-0.15, -0.1) is 0 Å². The predicted octanol–water partition coefficient (Wildman–Crippen LogP) is 1.56. The third kappa shape index (κ3) is 1.80. The van der Waals surface area contributed by atoms with E-state index < -0.39 is 0 Å². The minimum Gasteiger partial charge on any atom is -0.496 e. The summed E-state index contributed by atoms with van der Waals surface area (Å²) in [5.74, 6) is 2.12. The average molecular weight is 224 g/mol. The molecular weight excluding hydrogens is 208 g/mol. The predicted molar refractivity (Wildman–Crippen MR) is 59.5 cm³/mol. The molecule has 1 heterocycles. The molecule has 0 bridgehead atoms. The van der Waals surface area contributed by atoms with Gasteiger partial charge in [0.1, 0.15) is 19.0 Å². The molecule has 1 atom stereocenters. The standard InChI is InChI=1S/C12H16O4/c1-8(7-13)11-9(14-2)3-4-10-12(11)16-6-5-15-10/h3-4,8,13H,5-7H2,1-2H3. The summed E-state index contributed by atoms with van der Waals surface area (Å²) in [6, 6.07) is 3.68. The number of hydrogen-bond acceptors (Lipinski definition) is 4. The number of hydrogen-bond donors (Lipinski definition) is 1. The van der Waals surface area contributed by atoms with Crippen LogP contribution >= 0.6 is 0 Å². The molecule has 2 rings (SSSR count). The number of methoxy groups -OCH3 is 1. The maximum atomic E-state index is 9.26. The SMILES string of the molecule is COc1ccc2c(c1C(C)CO)OCCO2. The summed E-state index contributed by atoms with van der Waals surface area (Å²) in [7, 11) is 1.61. The Labute approximate surface area is 94.8 Å². The molecule has 88 valence electrons. The monoisotopic (exact) mass is 224 g/mol. The van der Waals surface area contributed by atoms with Crippen molar-refractivity contribution >= 4 is 0 Å². The van der Waals surface area contributed by atoms with Gasteiger partial charge in [0.05, 0.1) is 7.11 Å². The molecule has 4 nitrogen and oxygen atoms in total. The van der Waals surface area contributed by atoms with Gasteiger partial charge in [-0.1, -0.05) is 6.92 Å². The highest BCUT2D eigenvalue weighted by atomic mass is 16.6. The molecule has 1 unspecified atom stereocenters. The van der Waals surface area contributed by atoms with Gasteiger partial charge in [-0.25, -0.2) is 0 Å². The van der Waals surface area contributed by atoms with Gasteiger partial charge < -0.3 is 19.3 Å². The summed E-state index contributed by atoms with van der Waals surface area (Å²) in [6.45, 7) is 3.07. The van der Waals surface area contributed by atoms with E-state index in [1.165, 1.54) is 0 Å². The van der Waals surface area contributed by atoms with Crippen molar-refractivity contribution in [3.8, 4) is 17.2 Å². The average Bonchev–Trinajstić information content (AvgIpc) is 2.36. The van der Waals surface area contributed by atoms with Crippen molar-refractivity contribution in [1.82, 2.24) is 0 Å². The molecule has 0 saturated carbocycles. The van der Waals surface area contributed by atoms with Gasteiger partial charge in [-0.05, 0) is 12.1 Å². The van der Waals surface area contributed by atoms with Gasteiger partial charge in [-0.2, -0.15) is 0 Å². The van der Waals surface area contributed by atoms with Crippen molar-refractivity contribution in [2.24, 2.45) is 0 Å². The molecule has 1 N–H and O–H groups in total. The Balaban J connectivity index is 2.51. The van der Waals surface area contributed by atoms with Crippen LogP contribution in [0.4, 0.5) is 0 Å². The van der Waals surface area contributed by atoms with E-state index in [9.17, 15) is 5.11 Å². The van der Waals surface area contributed by atoms with Gasteiger partial charge in [0, 0.05) is 18.1 Å². The Kier molecular flexibility index (Phi) is 3.19. The highest BCUT2D eigenvalue weighted by Gasteiger charge is 2.23. The molecule has 1 aliphatic heterocycles. The van der Waals surface area contributed by atoms with Crippen LogP contribution in [-0.2, 0) is 0 Å². The van der Waals surface area contributed by atoms with Crippen LogP contribution in [-0.4, -0.2) is 32.0 Å². The molecule has 4 heteroatoms. The molecule has 0 saturated heterocycles. The maximum Gasteiger partial charge on any atom is 0.168 e. The van der Waals surface area contributed by atoms with Gasteiger partial charge in [0.2, 0.25) is 0 Å². The summed E-state index contributed by atoms with van der Waals surface area (Å²) >= 11 is 0. The van der Waals surface area contributed by atoms with E-state index in [1.54, 1.807) is 7.11 Å². The fourth-order valence-electron chi connectivity index (χ4n) is 1.86. The third-order valence-electron chi connectivity index (χ3n) is 2.69. The van der Waals surface area contributed by atoms with Crippen LogP contribution in [0.3, 0.4) is 0 Å². The zero-order valence-electron chi connectivity index (χ0n) is 9.53. The molecule has 1 aliphatic rings. The molecule has 0 amide bonds. The van der Waals surface area contributed by atoms with E-state index >= 15 is 0 Å². The Hall–Kier alpha value is -1.42. The number of fused-ring (bicyclic) bond motifs is 1. The second-order valence-corrected chi connectivity index (χ2v) is 3.79. The fraction of sp³-hybridized carbons (Fsp3) is 0.500. The lowest BCUT2D eigenvalue weighted by Crippen LogP contribution is -2.18. The van der Waals surface area contributed by atoms with Crippen LogP contribution in [0, 0.1) is 0 Å². The molecule has 1 aromatic carbocycles. The van der Waals surface area contributed by atoms with E-state index in [2.05, 4.69) is 0 Å². The van der Waals surface area contributed by atoms with E-state index in [-0.39, 0.29) is 12.5 Å². The fourth-order valence-corrected chi connectivity index (χ4v) is 1.86. The first-order chi connectivity index (χ1) is 7.77. The number of aliphatic hydroxyl groups excluding tert-OH is 1. The highest BCUT2D eigenvalue weighted by molar-refractivity contribution is 5.56. The van der Waals surface area contributed by atoms with Crippen LogP contribution in [0.15, 0.2) is 12.1 Å². The Morgan fingerprint density at radius 2 is 2.12 bits per heavy atom. The smallest absolute Gasteiger partial charge is 0.168 e. The lowest BCUT2D eigenvalue weighted by Gasteiger charge is -2.24. The minimum atomic E-state index is -0.0356. The summed E-state index contributed by atoms with van der Waals surface area (Å²) in [6.07, 6.45) is 0. The summed E-state index contributed by atoms with van der Waals surface area (Å²) in [5, 5.41) is 9.26. The van der Waals surface area contributed by atoms with Crippen molar-refractivity contribution in [2.75, 3.05) is 26.9 Å². The van der Waals surface area contributed by atoms with Gasteiger partial charge in [0.25, 0.3) is 0 Å². The molecule has 0 aromatic heterocycles. The zero-order chi connectivity index (χ0) is 11.5. The van der Waals surface area contributed by atoms with Crippen molar-refractivity contribution in [3.05, 3.63) is 17.7 Å². The van der Waals surface area contributed by atoms with E-state index in [0.29, 0.717) is 19.0 Å². The van der Waals surface area contributed by atoms with Crippen molar-refractivity contribution in [2.45, 2.75) is 12.8 Å². The number of aliphatic hydroxyl groups is 1. The Bertz CT molecular complexity index is 376. The maximum absolute atomic E-state index is 9.26. The molecule has 0 aliphatic carbocycles. The molecule has 0 radical (unpaired) electrons. The largest absolute Gasteiger partial charge is 0.496 e. The van der Waals surface area contributed by atoms with E-state index in [1.807, 2.05) is 19.1 Å².